The van der Waals surface area contributed by atoms with Crippen LogP contribution in [0.5, 0.6) is 0 Å². The van der Waals surface area contributed by atoms with Crippen molar-refractivity contribution >= 4 is 6.01 Å². The van der Waals surface area contributed by atoms with Crippen LogP contribution < -0.4 is 5.32 Å². The third-order valence-corrected chi connectivity index (χ3v) is 2.89. The number of nitrogens with one attached hydrogen (secondary N) is 1. The number of methoxy groups -OCH3 is 1. The summed E-state index contributed by atoms with van der Waals surface area (Å²) in [6, 6.07) is 0.472. The second kappa shape index (κ2) is 5.84. The topological polar surface area (TPSA) is 60.2 Å². The summed E-state index contributed by atoms with van der Waals surface area (Å²) in [5.74, 6) is 0.624. The molecule has 0 spiro atoms. The van der Waals surface area contributed by atoms with Gasteiger partial charge >= 0.3 is 6.01 Å². The quantitative estimate of drug-likeness (QED) is 0.775. The summed E-state index contributed by atoms with van der Waals surface area (Å²) in [4.78, 5) is 4.32. The lowest BCUT2D eigenvalue weighted by molar-refractivity contribution is -0.0306. The van der Waals surface area contributed by atoms with Gasteiger partial charge in [0.05, 0.1) is 0 Å². The third kappa shape index (κ3) is 2.52. The van der Waals surface area contributed by atoms with Crippen LogP contribution in [0.1, 0.15) is 45.9 Å². The van der Waals surface area contributed by atoms with E-state index in [0.29, 0.717) is 11.8 Å². The summed E-state index contributed by atoms with van der Waals surface area (Å²) in [5, 5.41) is 7.04. The minimum absolute atomic E-state index is 0.421. The van der Waals surface area contributed by atoms with E-state index in [1.54, 1.807) is 7.11 Å². The number of hydrogen-bond acceptors (Lipinski definition) is 5. The molecule has 0 saturated heterocycles. The van der Waals surface area contributed by atoms with E-state index in [0.717, 1.165) is 25.8 Å². The van der Waals surface area contributed by atoms with E-state index >= 15 is 0 Å². The van der Waals surface area contributed by atoms with Crippen LogP contribution in [0.4, 0.5) is 6.01 Å². The number of nitrogens with zero attached hydrogens (tertiary/aromatic N) is 2. The van der Waals surface area contributed by atoms with Crippen molar-refractivity contribution in [3.8, 4) is 0 Å². The van der Waals surface area contributed by atoms with Crippen LogP contribution in [0.3, 0.4) is 0 Å². The summed E-state index contributed by atoms with van der Waals surface area (Å²) in [6.45, 7) is 7.03. The van der Waals surface area contributed by atoms with Crippen molar-refractivity contribution in [3.05, 3.63) is 5.82 Å². The highest BCUT2D eigenvalue weighted by atomic mass is 16.5. The highest BCUT2D eigenvalue weighted by molar-refractivity contribution is 5.19. The highest BCUT2D eigenvalue weighted by Crippen LogP contribution is 2.30. The van der Waals surface area contributed by atoms with Gasteiger partial charge in [-0.05, 0) is 19.3 Å². The molecule has 0 amide bonds. The molecule has 0 unspecified atom stereocenters. The lowest BCUT2D eigenvalue weighted by Gasteiger charge is -2.25. The van der Waals surface area contributed by atoms with Crippen LogP contribution in [0, 0.1) is 0 Å². The molecule has 1 N–H and O–H groups in total. The fraction of sp³-hybridized carbons (Fsp3) is 0.818. The summed E-state index contributed by atoms with van der Waals surface area (Å²) in [7, 11) is 1.68. The van der Waals surface area contributed by atoms with Gasteiger partial charge in [0.2, 0.25) is 5.82 Å². The normalized spacial score (nSPS) is 11.8. The predicted octanol–water partition coefficient (Wildman–Crippen LogP) is 2.55. The number of aromatic nitrogens is 2. The molecule has 1 aromatic rings. The Morgan fingerprint density at radius 2 is 2.00 bits per heavy atom. The lowest BCUT2D eigenvalue weighted by atomic mass is 9.96. The van der Waals surface area contributed by atoms with Gasteiger partial charge in [0.25, 0.3) is 0 Å². The Kier molecular flexibility index (Phi) is 4.73. The van der Waals surface area contributed by atoms with E-state index < -0.39 is 5.60 Å². The van der Waals surface area contributed by atoms with E-state index in [4.69, 9.17) is 9.26 Å². The fourth-order valence-corrected chi connectivity index (χ4v) is 1.66. The highest BCUT2D eigenvalue weighted by Gasteiger charge is 2.33. The predicted molar refractivity (Wildman–Crippen MR) is 62.3 cm³/mol. The van der Waals surface area contributed by atoms with Crippen molar-refractivity contribution in [1.82, 2.24) is 10.1 Å². The van der Waals surface area contributed by atoms with Crippen molar-refractivity contribution in [1.29, 1.82) is 0 Å². The van der Waals surface area contributed by atoms with Crippen molar-refractivity contribution < 1.29 is 9.26 Å². The molecule has 1 aromatic heterocycles. The van der Waals surface area contributed by atoms with Gasteiger partial charge < -0.3 is 14.6 Å². The van der Waals surface area contributed by atoms with Gasteiger partial charge in [0.15, 0.2) is 0 Å². The smallest absolute Gasteiger partial charge is 0.321 e. The fourth-order valence-electron chi connectivity index (χ4n) is 1.66. The van der Waals surface area contributed by atoms with Crippen molar-refractivity contribution in [3.63, 3.8) is 0 Å². The Morgan fingerprint density at radius 1 is 1.31 bits per heavy atom. The molecule has 1 heterocycles. The first-order valence-electron chi connectivity index (χ1n) is 5.85. The lowest BCUT2D eigenvalue weighted by Crippen LogP contribution is -2.28. The molecule has 1 rings (SSSR count). The number of rotatable bonds is 7. The van der Waals surface area contributed by atoms with Crippen LogP contribution in [0.25, 0.3) is 0 Å². The van der Waals surface area contributed by atoms with Crippen LogP contribution in [0.2, 0.25) is 0 Å². The summed E-state index contributed by atoms with van der Waals surface area (Å²) in [5.41, 5.74) is -0.421. The van der Waals surface area contributed by atoms with Crippen LogP contribution in [-0.2, 0) is 10.3 Å². The zero-order valence-corrected chi connectivity index (χ0v) is 10.5. The first kappa shape index (κ1) is 13.0. The van der Waals surface area contributed by atoms with E-state index in [1.807, 2.05) is 0 Å². The average molecular weight is 227 g/mol. The molecule has 5 nitrogen and oxygen atoms in total. The van der Waals surface area contributed by atoms with E-state index in [9.17, 15) is 0 Å². The van der Waals surface area contributed by atoms with E-state index in [2.05, 4.69) is 36.2 Å². The van der Waals surface area contributed by atoms with Crippen molar-refractivity contribution in [2.24, 2.45) is 0 Å². The Hall–Kier alpha value is -1.10. The SMILES string of the molecule is CCCNc1nc(C(CC)(CC)OC)no1. The van der Waals surface area contributed by atoms with Crippen LogP contribution in [-0.4, -0.2) is 23.8 Å². The largest absolute Gasteiger partial charge is 0.370 e. The van der Waals surface area contributed by atoms with Gasteiger partial charge in [0.1, 0.15) is 5.60 Å². The average Bonchev–Trinajstić information content (AvgIpc) is 2.79. The Labute approximate surface area is 96.6 Å². The first-order chi connectivity index (χ1) is 7.72. The van der Waals surface area contributed by atoms with Gasteiger partial charge in [-0.2, -0.15) is 4.98 Å². The minimum atomic E-state index is -0.421. The Bertz CT molecular complexity index is 300. The second-order valence-corrected chi connectivity index (χ2v) is 3.76. The molecular weight excluding hydrogens is 206 g/mol. The monoisotopic (exact) mass is 227 g/mol. The van der Waals surface area contributed by atoms with Crippen molar-refractivity contribution in [2.75, 3.05) is 19.0 Å². The summed E-state index contributed by atoms with van der Waals surface area (Å²) < 4.78 is 10.7. The van der Waals surface area contributed by atoms with Gasteiger partial charge in [-0.25, -0.2) is 0 Å². The molecule has 0 fully saturated rings. The van der Waals surface area contributed by atoms with Crippen molar-refractivity contribution in [2.45, 2.75) is 45.6 Å². The number of hydrogen-bond donors (Lipinski definition) is 1. The molecule has 0 aliphatic heterocycles. The summed E-state index contributed by atoms with van der Waals surface area (Å²) in [6.07, 6.45) is 2.67. The minimum Gasteiger partial charge on any atom is -0.370 e. The zero-order chi connectivity index (χ0) is 12.0. The first-order valence-corrected chi connectivity index (χ1v) is 5.85. The molecule has 16 heavy (non-hydrogen) atoms. The molecule has 5 heteroatoms. The molecule has 92 valence electrons. The Balaban J connectivity index is 2.81. The molecule has 0 radical (unpaired) electrons. The second-order valence-electron chi connectivity index (χ2n) is 3.76. The van der Waals surface area contributed by atoms with Gasteiger partial charge in [0, 0.05) is 13.7 Å². The van der Waals surface area contributed by atoms with Gasteiger partial charge in [-0.15, -0.1) is 0 Å². The van der Waals surface area contributed by atoms with E-state index in [1.165, 1.54) is 0 Å². The summed E-state index contributed by atoms with van der Waals surface area (Å²) >= 11 is 0. The Morgan fingerprint density at radius 3 is 2.50 bits per heavy atom. The number of anilines is 1. The maximum absolute atomic E-state index is 5.53. The molecule has 0 aromatic carbocycles. The van der Waals surface area contributed by atoms with E-state index in [-0.39, 0.29) is 0 Å². The number of ether oxygens (including phenoxy) is 1. The maximum atomic E-state index is 5.53. The van der Waals surface area contributed by atoms with Crippen LogP contribution >= 0.6 is 0 Å². The molecule has 0 saturated carbocycles. The zero-order valence-electron chi connectivity index (χ0n) is 10.5. The molecule has 0 bridgehead atoms. The van der Waals surface area contributed by atoms with Crippen LogP contribution in [0.15, 0.2) is 4.52 Å². The van der Waals surface area contributed by atoms with Gasteiger partial charge in [-0.3, -0.25) is 0 Å². The molecular formula is C11H21N3O2. The molecule has 0 atom stereocenters. The van der Waals surface area contributed by atoms with Gasteiger partial charge in [-0.1, -0.05) is 25.9 Å². The third-order valence-electron chi connectivity index (χ3n) is 2.89. The molecule has 0 aliphatic rings. The standard InChI is InChI=1S/C11H21N3O2/c1-5-8-12-10-13-9(14-16-10)11(6-2,7-3)15-4/h5-8H2,1-4H3,(H,12,13,14). The maximum Gasteiger partial charge on any atom is 0.321 e. The molecule has 0 aliphatic carbocycles.